The Balaban J connectivity index is 1.81. The summed E-state index contributed by atoms with van der Waals surface area (Å²) < 4.78 is 1.98. The first kappa shape index (κ1) is 14.9. The molecule has 0 atom stereocenters. The van der Waals surface area contributed by atoms with Crippen molar-refractivity contribution < 1.29 is 5.11 Å². The van der Waals surface area contributed by atoms with E-state index in [4.69, 9.17) is 5.73 Å². The Morgan fingerprint density at radius 1 is 1.17 bits per heavy atom. The van der Waals surface area contributed by atoms with Crippen molar-refractivity contribution in [1.82, 2.24) is 24.9 Å². The third kappa shape index (κ3) is 2.46. The van der Waals surface area contributed by atoms with E-state index >= 15 is 0 Å². The molecule has 24 heavy (non-hydrogen) atoms. The maximum absolute atomic E-state index is 10.1. The van der Waals surface area contributed by atoms with Crippen LogP contribution in [0.1, 0.15) is 18.9 Å². The van der Waals surface area contributed by atoms with Crippen LogP contribution in [0, 0.1) is 0 Å². The lowest BCUT2D eigenvalue weighted by atomic mass is 10.1. The zero-order valence-electron chi connectivity index (χ0n) is 13.6. The molecule has 1 saturated heterocycles. The van der Waals surface area contributed by atoms with Gasteiger partial charge in [-0.05, 0) is 51.2 Å². The smallest absolute Gasteiger partial charge is 0.174 e. The number of phenols is 1. The average molecular weight is 324 g/mol. The van der Waals surface area contributed by atoms with E-state index in [9.17, 15) is 5.11 Å². The average Bonchev–Trinajstić information content (AvgIpc) is 2.92. The van der Waals surface area contributed by atoms with E-state index in [0.717, 1.165) is 31.4 Å². The van der Waals surface area contributed by atoms with Gasteiger partial charge < -0.3 is 15.7 Å². The molecule has 3 heterocycles. The van der Waals surface area contributed by atoms with Crippen molar-refractivity contribution in [3.8, 4) is 17.0 Å². The minimum absolute atomic E-state index is 0.185. The van der Waals surface area contributed by atoms with Gasteiger partial charge in [-0.3, -0.25) is 4.68 Å². The molecule has 124 valence electrons. The van der Waals surface area contributed by atoms with E-state index in [-0.39, 0.29) is 5.75 Å². The van der Waals surface area contributed by atoms with Gasteiger partial charge in [0.05, 0.1) is 17.3 Å². The van der Waals surface area contributed by atoms with Crippen LogP contribution in [0.25, 0.3) is 22.3 Å². The number of piperidine rings is 1. The van der Waals surface area contributed by atoms with E-state index in [1.165, 1.54) is 0 Å². The molecule has 0 spiro atoms. The van der Waals surface area contributed by atoms with Crippen LogP contribution in [0.4, 0.5) is 5.82 Å². The van der Waals surface area contributed by atoms with Gasteiger partial charge in [0.25, 0.3) is 0 Å². The molecule has 7 nitrogen and oxygen atoms in total. The number of hydrogen-bond acceptors (Lipinski definition) is 6. The van der Waals surface area contributed by atoms with Gasteiger partial charge in [0.15, 0.2) is 11.3 Å². The number of likely N-dealkylation sites (tertiary alicyclic amines) is 1. The molecule has 1 fully saturated rings. The molecular formula is C17H20N6O. The van der Waals surface area contributed by atoms with E-state index in [0.29, 0.717) is 28.6 Å². The maximum atomic E-state index is 10.1. The monoisotopic (exact) mass is 324 g/mol. The number of nitrogen functional groups attached to an aromatic ring is 1. The second-order valence-corrected chi connectivity index (χ2v) is 6.34. The summed E-state index contributed by atoms with van der Waals surface area (Å²) in [5.41, 5.74) is 8.80. The zero-order chi connectivity index (χ0) is 16.7. The van der Waals surface area contributed by atoms with Crippen LogP contribution in [0.5, 0.6) is 5.75 Å². The molecule has 1 aromatic carbocycles. The number of anilines is 1. The lowest BCUT2D eigenvalue weighted by Crippen LogP contribution is -2.31. The Morgan fingerprint density at radius 2 is 1.92 bits per heavy atom. The first-order valence-corrected chi connectivity index (χ1v) is 8.12. The first-order valence-electron chi connectivity index (χ1n) is 8.12. The minimum atomic E-state index is 0.185. The molecular weight excluding hydrogens is 304 g/mol. The van der Waals surface area contributed by atoms with Crippen LogP contribution >= 0.6 is 0 Å². The van der Waals surface area contributed by atoms with E-state index in [1.54, 1.807) is 12.1 Å². The van der Waals surface area contributed by atoms with Crippen molar-refractivity contribution in [3.05, 3.63) is 30.3 Å². The Kier molecular flexibility index (Phi) is 3.57. The Bertz CT molecular complexity index is 882. The van der Waals surface area contributed by atoms with Gasteiger partial charge in [0.2, 0.25) is 0 Å². The molecule has 0 unspecified atom stereocenters. The van der Waals surface area contributed by atoms with Crippen molar-refractivity contribution in [1.29, 1.82) is 0 Å². The quantitative estimate of drug-likeness (QED) is 0.749. The van der Waals surface area contributed by atoms with E-state index < -0.39 is 0 Å². The number of benzene rings is 1. The molecule has 4 rings (SSSR count). The SMILES string of the molecule is CN1CCC(n2nc(N)c3nnc(-c4ccccc4O)cc32)CC1. The highest BCUT2D eigenvalue weighted by atomic mass is 16.3. The van der Waals surface area contributed by atoms with Gasteiger partial charge in [-0.15, -0.1) is 10.2 Å². The third-order valence-electron chi connectivity index (χ3n) is 4.69. The van der Waals surface area contributed by atoms with Gasteiger partial charge in [0, 0.05) is 5.56 Å². The number of nitrogens with two attached hydrogens (primary N) is 1. The van der Waals surface area contributed by atoms with Gasteiger partial charge in [-0.2, -0.15) is 5.10 Å². The number of aromatic nitrogens is 4. The number of fused-ring (bicyclic) bond motifs is 1. The normalized spacial score (nSPS) is 16.7. The lowest BCUT2D eigenvalue weighted by Gasteiger charge is -2.29. The van der Waals surface area contributed by atoms with Crippen LogP contribution in [0.3, 0.4) is 0 Å². The van der Waals surface area contributed by atoms with Crippen LogP contribution in [-0.2, 0) is 0 Å². The van der Waals surface area contributed by atoms with Crippen molar-refractivity contribution >= 4 is 16.9 Å². The van der Waals surface area contributed by atoms with Crippen LogP contribution in [0.15, 0.2) is 30.3 Å². The largest absolute Gasteiger partial charge is 0.507 e. The highest BCUT2D eigenvalue weighted by Gasteiger charge is 2.23. The van der Waals surface area contributed by atoms with Gasteiger partial charge in [-0.1, -0.05) is 12.1 Å². The van der Waals surface area contributed by atoms with Gasteiger partial charge in [0.1, 0.15) is 5.75 Å². The molecule has 3 N–H and O–H groups in total. The number of para-hydroxylation sites is 1. The first-order chi connectivity index (χ1) is 11.6. The van der Waals surface area contributed by atoms with Crippen LogP contribution in [-0.4, -0.2) is 50.1 Å². The Hall–Kier alpha value is -2.67. The number of aromatic hydroxyl groups is 1. The second kappa shape index (κ2) is 5.76. The molecule has 0 radical (unpaired) electrons. The summed E-state index contributed by atoms with van der Waals surface area (Å²) in [4.78, 5) is 2.32. The fourth-order valence-corrected chi connectivity index (χ4v) is 3.30. The molecule has 1 aliphatic rings. The zero-order valence-corrected chi connectivity index (χ0v) is 13.6. The standard InChI is InChI=1S/C17H20N6O/c1-22-8-6-11(7-9-22)23-14-10-13(12-4-2-3-5-15(12)24)19-20-16(14)17(18)21-23/h2-5,10-11,24H,6-9H2,1H3,(H2,18,21). The van der Waals surface area contributed by atoms with Crippen molar-refractivity contribution in [2.45, 2.75) is 18.9 Å². The van der Waals surface area contributed by atoms with Crippen LogP contribution in [0.2, 0.25) is 0 Å². The summed E-state index contributed by atoms with van der Waals surface area (Å²) >= 11 is 0. The van der Waals surface area contributed by atoms with Crippen molar-refractivity contribution in [2.24, 2.45) is 0 Å². The summed E-state index contributed by atoms with van der Waals surface area (Å²) in [6.45, 7) is 2.08. The molecule has 7 heteroatoms. The molecule has 0 amide bonds. The Labute approximate surface area is 139 Å². The summed E-state index contributed by atoms with van der Waals surface area (Å²) in [7, 11) is 2.13. The topological polar surface area (TPSA) is 93.1 Å². The fraction of sp³-hybridized carbons (Fsp3) is 0.353. The number of nitrogens with zero attached hydrogens (tertiary/aromatic N) is 5. The highest BCUT2D eigenvalue weighted by Crippen LogP contribution is 2.32. The number of rotatable bonds is 2. The number of phenolic OH excluding ortho intramolecular Hbond substituents is 1. The molecule has 2 aromatic heterocycles. The molecule has 0 bridgehead atoms. The third-order valence-corrected chi connectivity index (χ3v) is 4.69. The predicted octanol–water partition coefficient (Wildman–Crippen LogP) is 2.05. The molecule has 0 saturated carbocycles. The van der Waals surface area contributed by atoms with Crippen molar-refractivity contribution in [3.63, 3.8) is 0 Å². The lowest BCUT2D eigenvalue weighted by molar-refractivity contribution is 0.216. The highest BCUT2D eigenvalue weighted by molar-refractivity contribution is 5.87. The van der Waals surface area contributed by atoms with Gasteiger partial charge >= 0.3 is 0 Å². The molecule has 3 aromatic rings. The summed E-state index contributed by atoms with van der Waals surface area (Å²) in [5.74, 6) is 0.588. The number of hydrogen-bond donors (Lipinski definition) is 2. The summed E-state index contributed by atoms with van der Waals surface area (Å²) in [6.07, 6.45) is 2.06. The maximum Gasteiger partial charge on any atom is 0.174 e. The second-order valence-electron chi connectivity index (χ2n) is 6.34. The minimum Gasteiger partial charge on any atom is -0.507 e. The van der Waals surface area contributed by atoms with Gasteiger partial charge in [-0.25, -0.2) is 0 Å². The predicted molar refractivity (Wildman–Crippen MR) is 92.6 cm³/mol. The van der Waals surface area contributed by atoms with Crippen LogP contribution < -0.4 is 5.73 Å². The van der Waals surface area contributed by atoms with E-state index in [2.05, 4.69) is 27.2 Å². The fourth-order valence-electron chi connectivity index (χ4n) is 3.30. The Morgan fingerprint density at radius 3 is 2.67 bits per heavy atom. The molecule has 0 aliphatic carbocycles. The van der Waals surface area contributed by atoms with E-state index in [1.807, 2.05) is 22.9 Å². The van der Waals surface area contributed by atoms with Crippen molar-refractivity contribution in [2.75, 3.05) is 25.9 Å². The summed E-state index contributed by atoms with van der Waals surface area (Å²) in [5, 5.41) is 23.0. The summed E-state index contributed by atoms with van der Waals surface area (Å²) in [6, 6.07) is 9.34. The molecule has 1 aliphatic heterocycles.